The van der Waals surface area contributed by atoms with Crippen molar-refractivity contribution in [3.63, 3.8) is 0 Å². The number of hydrogen-bond acceptors (Lipinski definition) is 4. The van der Waals surface area contributed by atoms with Crippen LogP contribution in [-0.4, -0.2) is 18.7 Å². The van der Waals surface area contributed by atoms with E-state index in [4.69, 9.17) is 15.2 Å². The second-order valence-electron chi connectivity index (χ2n) is 3.46. The molecule has 0 saturated carbocycles. The molecule has 1 aromatic carbocycles. The van der Waals surface area contributed by atoms with Gasteiger partial charge in [-0.15, -0.1) is 0 Å². The Morgan fingerprint density at radius 3 is 2.47 bits per heavy atom. The lowest BCUT2D eigenvalue weighted by molar-refractivity contribution is -0.141. The number of primary amides is 1. The minimum atomic E-state index is -0.846. The average molecular weight is 237 g/mol. The third kappa shape index (κ3) is 5.01. The van der Waals surface area contributed by atoms with Gasteiger partial charge in [0.15, 0.2) is 0 Å². The Hall–Kier alpha value is -2.04. The van der Waals surface area contributed by atoms with E-state index in [9.17, 15) is 9.59 Å². The van der Waals surface area contributed by atoms with E-state index in [1.165, 1.54) is 6.92 Å². The molecule has 0 heterocycles. The third-order valence-electron chi connectivity index (χ3n) is 2.12. The summed E-state index contributed by atoms with van der Waals surface area (Å²) in [6.45, 7) is 1.51. The topological polar surface area (TPSA) is 78.6 Å². The van der Waals surface area contributed by atoms with Crippen molar-refractivity contribution >= 4 is 12.1 Å². The molecule has 1 atom stereocenters. The van der Waals surface area contributed by atoms with E-state index in [2.05, 4.69) is 0 Å². The fourth-order valence-corrected chi connectivity index (χ4v) is 1.41. The van der Waals surface area contributed by atoms with Crippen molar-refractivity contribution in [3.8, 4) is 0 Å². The molecule has 92 valence electrons. The molecular formula is C12H15NO4. The van der Waals surface area contributed by atoms with Gasteiger partial charge in [0.1, 0.15) is 6.10 Å². The fraction of sp³-hybridized carbons (Fsp3) is 0.333. The first kappa shape index (κ1) is 13.0. The van der Waals surface area contributed by atoms with E-state index in [0.29, 0.717) is 6.42 Å². The molecule has 0 unspecified atom stereocenters. The second-order valence-corrected chi connectivity index (χ2v) is 3.46. The van der Waals surface area contributed by atoms with Crippen LogP contribution in [-0.2, 0) is 14.3 Å². The van der Waals surface area contributed by atoms with Gasteiger partial charge in [0.2, 0.25) is 0 Å². The van der Waals surface area contributed by atoms with Crippen LogP contribution in [0.2, 0.25) is 0 Å². The highest BCUT2D eigenvalue weighted by Crippen LogP contribution is 2.20. The molecule has 0 radical (unpaired) electrons. The summed E-state index contributed by atoms with van der Waals surface area (Å²) in [5.74, 6) is -0.365. The number of nitrogens with two attached hydrogens (primary N) is 1. The quantitative estimate of drug-likeness (QED) is 0.791. The smallest absolute Gasteiger partial charge is 0.405 e. The van der Waals surface area contributed by atoms with Crippen LogP contribution in [0.25, 0.3) is 0 Å². The Kier molecular flexibility index (Phi) is 5.00. The van der Waals surface area contributed by atoms with Crippen molar-refractivity contribution in [2.45, 2.75) is 19.4 Å². The number of carbonyl (C=O) groups excluding carboxylic acids is 2. The molecule has 0 aliphatic carbocycles. The zero-order valence-electron chi connectivity index (χ0n) is 9.59. The number of carbonyl (C=O) groups is 2. The maximum absolute atomic E-state index is 10.8. The average Bonchev–Trinajstić information content (AvgIpc) is 2.28. The number of ether oxygens (including phenoxy) is 2. The highest BCUT2D eigenvalue weighted by atomic mass is 16.6. The molecule has 2 N–H and O–H groups in total. The first-order valence-electron chi connectivity index (χ1n) is 5.24. The number of amides is 1. The fourth-order valence-electron chi connectivity index (χ4n) is 1.41. The van der Waals surface area contributed by atoms with Crippen LogP contribution in [0.4, 0.5) is 4.79 Å². The normalized spacial score (nSPS) is 11.6. The molecule has 1 rings (SSSR count). The number of hydrogen-bond donors (Lipinski definition) is 1. The van der Waals surface area contributed by atoms with Gasteiger partial charge in [-0.25, -0.2) is 4.79 Å². The monoisotopic (exact) mass is 237 g/mol. The van der Waals surface area contributed by atoms with Crippen molar-refractivity contribution in [2.75, 3.05) is 6.61 Å². The Balaban J connectivity index is 2.61. The molecule has 0 aromatic heterocycles. The summed E-state index contributed by atoms with van der Waals surface area (Å²) >= 11 is 0. The van der Waals surface area contributed by atoms with Crippen LogP contribution in [0.15, 0.2) is 30.3 Å². The zero-order chi connectivity index (χ0) is 12.7. The van der Waals surface area contributed by atoms with Crippen molar-refractivity contribution < 1.29 is 19.1 Å². The highest BCUT2D eigenvalue weighted by Gasteiger charge is 2.15. The largest absolute Gasteiger partial charge is 0.466 e. The van der Waals surface area contributed by atoms with Crippen molar-refractivity contribution in [1.82, 2.24) is 0 Å². The van der Waals surface area contributed by atoms with Crippen molar-refractivity contribution in [3.05, 3.63) is 35.9 Å². The highest BCUT2D eigenvalue weighted by molar-refractivity contribution is 5.66. The summed E-state index contributed by atoms with van der Waals surface area (Å²) in [6.07, 6.45) is -0.957. The molecule has 0 aliphatic heterocycles. The van der Waals surface area contributed by atoms with Crippen molar-refractivity contribution in [1.29, 1.82) is 0 Å². The minimum absolute atomic E-state index is 0.183. The number of benzene rings is 1. The summed E-state index contributed by atoms with van der Waals surface area (Å²) in [5.41, 5.74) is 5.81. The number of rotatable bonds is 5. The van der Waals surface area contributed by atoms with Gasteiger partial charge >= 0.3 is 12.1 Å². The van der Waals surface area contributed by atoms with Crippen molar-refractivity contribution in [2.24, 2.45) is 5.73 Å². The third-order valence-corrected chi connectivity index (χ3v) is 2.12. The Bertz CT molecular complexity index is 377. The lowest BCUT2D eigenvalue weighted by Gasteiger charge is -2.16. The minimum Gasteiger partial charge on any atom is -0.466 e. The maximum Gasteiger partial charge on any atom is 0.405 e. The molecule has 17 heavy (non-hydrogen) atoms. The van der Waals surface area contributed by atoms with Gasteiger partial charge in [-0.2, -0.15) is 0 Å². The van der Waals surface area contributed by atoms with Crippen LogP contribution in [0.3, 0.4) is 0 Å². The number of esters is 1. The molecular weight excluding hydrogens is 222 g/mol. The van der Waals surface area contributed by atoms with E-state index in [0.717, 1.165) is 5.56 Å². The molecule has 0 aliphatic rings. The van der Waals surface area contributed by atoms with Crippen LogP contribution < -0.4 is 5.73 Å². The van der Waals surface area contributed by atoms with Gasteiger partial charge in [0.05, 0.1) is 6.61 Å². The van der Waals surface area contributed by atoms with E-state index in [1.54, 1.807) is 0 Å². The van der Waals surface area contributed by atoms with E-state index >= 15 is 0 Å². The first-order valence-corrected chi connectivity index (χ1v) is 5.24. The lowest BCUT2D eigenvalue weighted by Crippen LogP contribution is -2.19. The summed E-state index contributed by atoms with van der Waals surface area (Å²) in [6, 6.07) is 9.16. The molecule has 0 fully saturated rings. The molecule has 1 aromatic rings. The van der Waals surface area contributed by atoms with Crippen LogP contribution in [0, 0.1) is 0 Å². The van der Waals surface area contributed by atoms with Gasteiger partial charge in [-0.1, -0.05) is 30.3 Å². The van der Waals surface area contributed by atoms with Gasteiger partial charge in [0.25, 0.3) is 0 Å². The SMILES string of the molecule is CC(=O)OCC[C@@H](OC(N)=O)c1ccccc1. The lowest BCUT2D eigenvalue weighted by atomic mass is 10.1. The van der Waals surface area contributed by atoms with E-state index in [-0.39, 0.29) is 12.6 Å². The van der Waals surface area contributed by atoms with Crippen LogP contribution in [0.5, 0.6) is 0 Å². The van der Waals surface area contributed by atoms with Crippen LogP contribution >= 0.6 is 0 Å². The van der Waals surface area contributed by atoms with E-state index < -0.39 is 12.2 Å². The Morgan fingerprint density at radius 2 is 1.94 bits per heavy atom. The summed E-state index contributed by atoms with van der Waals surface area (Å²) < 4.78 is 9.77. The molecule has 0 spiro atoms. The maximum atomic E-state index is 10.8. The Labute approximate surface area is 99.5 Å². The summed E-state index contributed by atoms with van der Waals surface area (Å²) in [7, 11) is 0. The predicted octanol–water partition coefficient (Wildman–Crippen LogP) is 1.78. The molecule has 0 saturated heterocycles. The second kappa shape index (κ2) is 6.52. The standard InChI is InChI=1S/C12H15NO4/c1-9(14)16-8-7-11(17-12(13)15)10-5-3-2-4-6-10/h2-6,11H,7-8H2,1H3,(H2,13,15)/t11-/m1/s1. The van der Waals surface area contributed by atoms with Gasteiger partial charge in [-0.3, -0.25) is 4.79 Å². The summed E-state index contributed by atoms with van der Waals surface area (Å²) in [4.78, 5) is 21.4. The molecule has 5 heteroatoms. The zero-order valence-corrected chi connectivity index (χ0v) is 9.59. The molecule has 0 bridgehead atoms. The van der Waals surface area contributed by atoms with Gasteiger partial charge in [-0.05, 0) is 5.56 Å². The van der Waals surface area contributed by atoms with Crippen LogP contribution in [0.1, 0.15) is 25.0 Å². The molecule has 5 nitrogen and oxygen atoms in total. The predicted molar refractivity (Wildman–Crippen MR) is 61.1 cm³/mol. The molecule has 1 amide bonds. The summed E-state index contributed by atoms with van der Waals surface area (Å²) in [5, 5.41) is 0. The van der Waals surface area contributed by atoms with E-state index in [1.807, 2.05) is 30.3 Å². The van der Waals surface area contributed by atoms with Gasteiger partial charge < -0.3 is 15.2 Å². The Morgan fingerprint density at radius 1 is 1.29 bits per heavy atom. The first-order chi connectivity index (χ1) is 8.09. The van der Waals surface area contributed by atoms with Gasteiger partial charge in [0, 0.05) is 13.3 Å².